The van der Waals surface area contributed by atoms with Crippen molar-refractivity contribution < 1.29 is 13.6 Å². The van der Waals surface area contributed by atoms with E-state index in [4.69, 9.17) is 0 Å². The highest BCUT2D eigenvalue weighted by molar-refractivity contribution is 5.95. The van der Waals surface area contributed by atoms with Gasteiger partial charge in [0, 0.05) is 43.2 Å². The van der Waals surface area contributed by atoms with Gasteiger partial charge in [0.05, 0.1) is 0 Å². The van der Waals surface area contributed by atoms with E-state index < -0.39 is 11.6 Å². The van der Waals surface area contributed by atoms with Crippen LogP contribution >= 0.6 is 0 Å². The standard InChI is InChI=1S/C26H30F2N2O/c1-18-13-20(7-5-6-12-29(3)4)14-19(2)26(18)30-17-21(8-11-25(30)31)15-22-9-10-23(27)16-24(22)28/h9-10,13-14,16,21H,6,8,11-12,15,17H2,1-4H3. The number of hydrogen-bond donors (Lipinski definition) is 0. The molecule has 1 atom stereocenters. The van der Waals surface area contributed by atoms with Gasteiger partial charge in [-0.1, -0.05) is 17.9 Å². The molecule has 1 aliphatic heterocycles. The van der Waals surface area contributed by atoms with Crippen molar-refractivity contribution in [3.63, 3.8) is 0 Å². The summed E-state index contributed by atoms with van der Waals surface area (Å²) in [5.74, 6) is 5.55. The second-order valence-corrected chi connectivity index (χ2v) is 8.66. The largest absolute Gasteiger partial charge is 0.312 e. The molecule has 2 aromatic rings. The van der Waals surface area contributed by atoms with Crippen molar-refractivity contribution in [1.29, 1.82) is 0 Å². The van der Waals surface area contributed by atoms with Gasteiger partial charge in [0.15, 0.2) is 0 Å². The average molecular weight is 425 g/mol. The van der Waals surface area contributed by atoms with Crippen LogP contribution in [-0.4, -0.2) is 38.0 Å². The zero-order valence-electron chi connectivity index (χ0n) is 18.8. The first kappa shape index (κ1) is 23.0. The predicted molar refractivity (Wildman–Crippen MR) is 121 cm³/mol. The molecular formula is C26H30F2N2O. The number of benzene rings is 2. The van der Waals surface area contributed by atoms with Gasteiger partial charge in [-0.3, -0.25) is 4.79 Å². The lowest BCUT2D eigenvalue weighted by atomic mass is 9.89. The molecule has 0 aliphatic carbocycles. The van der Waals surface area contributed by atoms with Gasteiger partial charge in [0.25, 0.3) is 0 Å². The molecule has 5 heteroatoms. The predicted octanol–water partition coefficient (Wildman–Crippen LogP) is 4.87. The summed E-state index contributed by atoms with van der Waals surface area (Å²) in [7, 11) is 4.05. The molecule has 0 aromatic heterocycles. The summed E-state index contributed by atoms with van der Waals surface area (Å²) < 4.78 is 27.3. The van der Waals surface area contributed by atoms with E-state index in [1.807, 2.05) is 45.0 Å². The van der Waals surface area contributed by atoms with Crippen LogP contribution in [0.5, 0.6) is 0 Å². The van der Waals surface area contributed by atoms with E-state index in [-0.39, 0.29) is 11.8 Å². The normalized spacial score (nSPS) is 16.4. The molecule has 31 heavy (non-hydrogen) atoms. The highest BCUT2D eigenvalue weighted by atomic mass is 19.1. The minimum Gasteiger partial charge on any atom is -0.312 e. The van der Waals surface area contributed by atoms with Crippen LogP contribution in [0.15, 0.2) is 30.3 Å². The maximum Gasteiger partial charge on any atom is 0.227 e. The average Bonchev–Trinajstić information content (AvgIpc) is 2.69. The third kappa shape index (κ3) is 5.92. The van der Waals surface area contributed by atoms with E-state index in [1.54, 1.807) is 0 Å². The second kappa shape index (κ2) is 10.1. The molecule has 164 valence electrons. The van der Waals surface area contributed by atoms with E-state index in [9.17, 15) is 13.6 Å². The Morgan fingerprint density at radius 2 is 1.84 bits per heavy atom. The van der Waals surface area contributed by atoms with Crippen molar-refractivity contribution in [2.24, 2.45) is 5.92 Å². The molecule has 1 amide bonds. The number of carbonyl (C=O) groups excluding carboxylic acids is 1. The fraction of sp³-hybridized carbons (Fsp3) is 0.423. The zero-order chi connectivity index (χ0) is 22.5. The van der Waals surface area contributed by atoms with Crippen LogP contribution in [0.3, 0.4) is 0 Å². The Labute approximate surface area is 184 Å². The Morgan fingerprint density at radius 3 is 2.48 bits per heavy atom. The number of amides is 1. The van der Waals surface area contributed by atoms with E-state index in [1.165, 1.54) is 12.1 Å². The Hall–Kier alpha value is -2.71. The smallest absolute Gasteiger partial charge is 0.227 e. The molecule has 2 aromatic carbocycles. The fourth-order valence-corrected chi connectivity index (χ4v) is 4.19. The van der Waals surface area contributed by atoms with Gasteiger partial charge in [-0.2, -0.15) is 0 Å². The number of rotatable bonds is 5. The van der Waals surface area contributed by atoms with Crippen molar-refractivity contribution >= 4 is 11.6 Å². The maximum absolute atomic E-state index is 14.1. The molecular weight excluding hydrogens is 394 g/mol. The molecule has 1 fully saturated rings. The first-order valence-electron chi connectivity index (χ1n) is 10.7. The molecule has 0 saturated carbocycles. The van der Waals surface area contributed by atoms with Gasteiger partial charge in [-0.05, 0) is 81.6 Å². The van der Waals surface area contributed by atoms with E-state index in [0.717, 1.165) is 41.4 Å². The molecule has 3 rings (SSSR count). The number of piperidine rings is 1. The molecule has 3 nitrogen and oxygen atoms in total. The number of halogens is 2. The van der Waals surface area contributed by atoms with Crippen LogP contribution in [0.2, 0.25) is 0 Å². The lowest BCUT2D eigenvalue weighted by Gasteiger charge is -2.34. The number of aryl methyl sites for hydroxylation is 2. The summed E-state index contributed by atoms with van der Waals surface area (Å²) in [6.45, 7) is 5.46. The first-order valence-corrected chi connectivity index (χ1v) is 10.7. The Bertz CT molecular complexity index is 997. The second-order valence-electron chi connectivity index (χ2n) is 8.66. The Morgan fingerprint density at radius 1 is 1.13 bits per heavy atom. The lowest BCUT2D eigenvalue weighted by Crippen LogP contribution is -2.41. The van der Waals surface area contributed by atoms with Crippen LogP contribution in [-0.2, 0) is 11.2 Å². The molecule has 0 radical (unpaired) electrons. The van der Waals surface area contributed by atoms with Crippen molar-refractivity contribution in [3.05, 3.63) is 64.2 Å². The van der Waals surface area contributed by atoms with E-state index in [0.29, 0.717) is 31.4 Å². The summed E-state index contributed by atoms with van der Waals surface area (Å²) >= 11 is 0. The monoisotopic (exact) mass is 424 g/mol. The van der Waals surface area contributed by atoms with Crippen molar-refractivity contribution in [1.82, 2.24) is 4.90 Å². The van der Waals surface area contributed by atoms with Gasteiger partial charge < -0.3 is 9.80 Å². The van der Waals surface area contributed by atoms with Crippen LogP contribution in [0.4, 0.5) is 14.5 Å². The third-order valence-corrected chi connectivity index (χ3v) is 5.71. The van der Waals surface area contributed by atoms with Crippen LogP contribution in [0.25, 0.3) is 0 Å². The summed E-state index contributed by atoms with van der Waals surface area (Å²) in [5, 5.41) is 0. The SMILES string of the molecule is Cc1cc(C#CCCN(C)C)cc(C)c1N1CC(Cc2ccc(F)cc2F)CCC1=O. The quantitative estimate of drug-likeness (QED) is 0.640. The van der Waals surface area contributed by atoms with Crippen molar-refractivity contribution in [2.75, 3.05) is 32.1 Å². The number of anilines is 1. The van der Waals surface area contributed by atoms with E-state index in [2.05, 4.69) is 16.7 Å². The fourth-order valence-electron chi connectivity index (χ4n) is 4.19. The maximum atomic E-state index is 14.1. The molecule has 1 heterocycles. The molecule has 0 N–H and O–H groups in total. The minimum absolute atomic E-state index is 0.0897. The lowest BCUT2D eigenvalue weighted by molar-refractivity contribution is -0.120. The van der Waals surface area contributed by atoms with Gasteiger partial charge in [-0.25, -0.2) is 8.78 Å². The molecule has 1 aliphatic rings. The number of carbonyl (C=O) groups is 1. The summed E-state index contributed by atoms with van der Waals surface area (Å²) in [4.78, 5) is 16.7. The highest BCUT2D eigenvalue weighted by Gasteiger charge is 2.29. The number of nitrogens with zero attached hydrogens (tertiary/aromatic N) is 2. The van der Waals surface area contributed by atoms with Crippen molar-refractivity contribution in [3.8, 4) is 11.8 Å². The van der Waals surface area contributed by atoms with Gasteiger partial charge in [-0.15, -0.1) is 0 Å². The topological polar surface area (TPSA) is 23.6 Å². The molecule has 0 bridgehead atoms. The summed E-state index contributed by atoms with van der Waals surface area (Å²) in [5.41, 5.74) is 4.40. The van der Waals surface area contributed by atoms with Crippen LogP contribution in [0.1, 0.15) is 41.5 Å². The highest BCUT2D eigenvalue weighted by Crippen LogP contribution is 2.32. The van der Waals surface area contributed by atoms with Gasteiger partial charge in [0.1, 0.15) is 11.6 Å². The molecule has 0 spiro atoms. The van der Waals surface area contributed by atoms with Crippen LogP contribution in [0, 0.1) is 43.2 Å². The van der Waals surface area contributed by atoms with E-state index >= 15 is 0 Å². The molecule has 1 saturated heterocycles. The number of hydrogen-bond acceptors (Lipinski definition) is 2. The van der Waals surface area contributed by atoms with Crippen LogP contribution < -0.4 is 4.90 Å². The summed E-state index contributed by atoms with van der Waals surface area (Å²) in [6, 6.07) is 7.78. The van der Waals surface area contributed by atoms with Gasteiger partial charge in [0.2, 0.25) is 5.91 Å². The third-order valence-electron chi connectivity index (χ3n) is 5.71. The Kier molecular flexibility index (Phi) is 7.46. The molecule has 1 unspecified atom stereocenters. The zero-order valence-corrected chi connectivity index (χ0v) is 18.8. The summed E-state index contributed by atoms with van der Waals surface area (Å²) in [6.07, 6.45) is 2.43. The van der Waals surface area contributed by atoms with Gasteiger partial charge >= 0.3 is 0 Å². The minimum atomic E-state index is -0.571. The van der Waals surface area contributed by atoms with Crippen molar-refractivity contribution in [2.45, 2.75) is 39.5 Å². The Balaban J connectivity index is 1.77. The first-order chi connectivity index (χ1) is 14.7.